The summed E-state index contributed by atoms with van der Waals surface area (Å²) in [6.07, 6.45) is -4.33. The first-order valence-electron chi connectivity index (χ1n) is 11.3. The molecule has 37 heavy (non-hydrogen) atoms. The highest BCUT2D eigenvalue weighted by atomic mass is 35.5. The number of aromatic amines is 1. The summed E-state index contributed by atoms with van der Waals surface area (Å²) in [6, 6.07) is 6.08. The molecule has 0 saturated carbocycles. The van der Waals surface area contributed by atoms with E-state index in [1.165, 1.54) is 31.2 Å². The summed E-state index contributed by atoms with van der Waals surface area (Å²) in [5.41, 5.74) is 4.35. The molecule has 1 aliphatic rings. The molecule has 0 amide bonds. The lowest BCUT2D eigenvalue weighted by atomic mass is 10.1. The first-order chi connectivity index (χ1) is 17.3. The third-order valence-corrected chi connectivity index (χ3v) is 8.22. The molecule has 2 heterocycles. The standard InChI is InChI=1S/C23H24ClF3N4O5S/c1-2-37(34,35)20-4-3-15(24)7-14(20)11-31-21(32)17-9-19(36-23(25,26)27)13(8-18(17)29-22(31)33)10-30-6-5-16(28)12-30/h3-4,7-9,16H,2,5-6,10-12,28H2,1H3,(H,29,33). The lowest BCUT2D eigenvalue weighted by Crippen LogP contribution is -2.36. The summed E-state index contributed by atoms with van der Waals surface area (Å²) >= 11 is 6.03. The van der Waals surface area contributed by atoms with Gasteiger partial charge in [0.05, 0.1) is 28.1 Å². The minimum atomic E-state index is -5.02. The average molecular weight is 561 g/mol. The van der Waals surface area contributed by atoms with Crippen molar-refractivity contribution in [2.45, 2.75) is 43.7 Å². The number of likely N-dealkylation sites (tertiary alicyclic amines) is 1. The van der Waals surface area contributed by atoms with Gasteiger partial charge in [0.25, 0.3) is 5.56 Å². The zero-order valence-corrected chi connectivity index (χ0v) is 21.2. The monoisotopic (exact) mass is 560 g/mol. The fraction of sp³-hybridized carbons (Fsp3) is 0.391. The van der Waals surface area contributed by atoms with Crippen LogP contribution in [0.15, 0.2) is 44.8 Å². The maximum absolute atomic E-state index is 13.3. The summed E-state index contributed by atoms with van der Waals surface area (Å²) in [6.45, 7) is 2.09. The van der Waals surface area contributed by atoms with Crippen molar-refractivity contribution in [1.82, 2.24) is 14.5 Å². The van der Waals surface area contributed by atoms with Gasteiger partial charge in [-0.15, -0.1) is 13.2 Å². The van der Waals surface area contributed by atoms with Gasteiger partial charge < -0.3 is 15.5 Å². The Balaban J connectivity index is 1.84. The van der Waals surface area contributed by atoms with Crippen molar-refractivity contribution in [2.24, 2.45) is 5.73 Å². The molecule has 4 rings (SSSR count). The van der Waals surface area contributed by atoms with Crippen LogP contribution < -0.4 is 21.7 Å². The van der Waals surface area contributed by atoms with Crippen LogP contribution in [0.25, 0.3) is 10.9 Å². The molecule has 200 valence electrons. The number of ether oxygens (including phenoxy) is 1. The van der Waals surface area contributed by atoms with Crippen LogP contribution in [0.2, 0.25) is 5.02 Å². The number of sulfone groups is 1. The molecular weight excluding hydrogens is 537 g/mol. The Hall–Kier alpha value is -2.87. The Morgan fingerprint density at radius 1 is 1.16 bits per heavy atom. The molecule has 3 aromatic rings. The van der Waals surface area contributed by atoms with E-state index in [-0.39, 0.29) is 50.3 Å². The quantitative estimate of drug-likeness (QED) is 0.455. The van der Waals surface area contributed by atoms with Crippen LogP contribution in [-0.2, 0) is 22.9 Å². The van der Waals surface area contributed by atoms with E-state index in [0.29, 0.717) is 24.1 Å². The summed E-state index contributed by atoms with van der Waals surface area (Å²) in [5, 5.41) is -0.0508. The average Bonchev–Trinajstić information content (AvgIpc) is 3.21. The first kappa shape index (κ1) is 27.2. The predicted molar refractivity (Wildman–Crippen MR) is 132 cm³/mol. The molecule has 1 atom stereocenters. The second-order valence-corrected chi connectivity index (χ2v) is 11.5. The number of aromatic nitrogens is 2. The van der Waals surface area contributed by atoms with E-state index in [1.807, 2.05) is 4.90 Å². The molecule has 3 N–H and O–H groups in total. The molecule has 1 aromatic heterocycles. The second-order valence-electron chi connectivity index (χ2n) is 8.81. The molecule has 1 aliphatic heterocycles. The molecule has 1 unspecified atom stereocenters. The van der Waals surface area contributed by atoms with E-state index in [1.54, 1.807) is 0 Å². The van der Waals surface area contributed by atoms with E-state index >= 15 is 0 Å². The fourth-order valence-corrected chi connectivity index (χ4v) is 5.66. The lowest BCUT2D eigenvalue weighted by Gasteiger charge is -2.20. The number of hydrogen-bond acceptors (Lipinski definition) is 7. The molecular formula is C23H24ClF3N4O5S. The second kappa shape index (κ2) is 10.1. The van der Waals surface area contributed by atoms with Gasteiger partial charge in [0, 0.05) is 36.3 Å². The summed E-state index contributed by atoms with van der Waals surface area (Å²) in [7, 11) is -3.73. The van der Waals surface area contributed by atoms with E-state index in [4.69, 9.17) is 17.3 Å². The summed E-state index contributed by atoms with van der Waals surface area (Å²) in [5.74, 6) is -0.804. The van der Waals surface area contributed by atoms with Gasteiger partial charge >= 0.3 is 12.1 Å². The Morgan fingerprint density at radius 2 is 1.89 bits per heavy atom. The van der Waals surface area contributed by atoms with Crippen molar-refractivity contribution < 1.29 is 26.3 Å². The number of fused-ring (bicyclic) bond motifs is 1. The first-order valence-corrected chi connectivity index (χ1v) is 13.3. The molecule has 0 aliphatic carbocycles. The third-order valence-electron chi connectivity index (χ3n) is 6.16. The van der Waals surface area contributed by atoms with Gasteiger partial charge in [0.15, 0.2) is 9.84 Å². The Morgan fingerprint density at radius 3 is 2.51 bits per heavy atom. The topological polar surface area (TPSA) is 127 Å². The highest BCUT2D eigenvalue weighted by Crippen LogP contribution is 2.31. The number of rotatable bonds is 7. The lowest BCUT2D eigenvalue weighted by molar-refractivity contribution is -0.274. The van der Waals surface area contributed by atoms with Crippen LogP contribution in [-0.4, -0.2) is 54.1 Å². The number of nitrogens with one attached hydrogen (secondary N) is 1. The molecule has 1 fully saturated rings. The molecule has 2 aromatic carbocycles. The van der Waals surface area contributed by atoms with Crippen molar-refractivity contribution in [1.29, 1.82) is 0 Å². The van der Waals surface area contributed by atoms with Crippen LogP contribution in [0.1, 0.15) is 24.5 Å². The fourth-order valence-electron chi connectivity index (χ4n) is 4.36. The highest BCUT2D eigenvalue weighted by molar-refractivity contribution is 7.91. The number of hydrogen-bond donors (Lipinski definition) is 2. The smallest absolute Gasteiger partial charge is 0.405 e. The molecule has 1 saturated heterocycles. The zero-order valence-electron chi connectivity index (χ0n) is 19.6. The number of nitrogens with two attached hydrogens (primary N) is 1. The molecule has 14 heteroatoms. The predicted octanol–water partition coefficient (Wildman–Crippen LogP) is 2.62. The van der Waals surface area contributed by atoms with Crippen LogP contribution in [0.3, 0.4) is 0 Å². The maximum Gasteiger partial charge on any atom is 0.573 e. The van der Waals surface area contributed by atoms with E-state index in [9.17, 15) is 31.2 Å². The van der Waals surface area contributed by atoms with Gasteiger partial charge in [0.2, 0.25) is 0 Å². The van der Waals surface area contributed by atoms with Gasteiger partial charge in [-0.05, 0) is 42.3 Å². The van der Waals surface area contributed by atoms with E-state index < -0.39 is 39.7 Å². The minimum Gasteiger partial charge on any atom is -0.405 e. The number of nitrogens with zero attached hydrogens (tertiary/aromatic N) is 2. The summed E-state index contributed by atoms with van der Waals surface area (Å²) in [4.78, 5) is 30.4. The Kier molecular flexibility index (Phi) is 7.43. The molecule has 0 radical (unpaired) electrons. The Bertz CT molecular complexity index is 1570. The van der Waals surface area contributed by atoms with Crippen LogP contribution in [0, 0.1) is 0 Å². The zero-order chi connectivity index (χ0) is 27.1. The van der Waals surface area contributed by atoms with Gasteiger partial charge in [-0.3, -0.25) is 14.3 Å². The van der Waals surface area contributed by atoms with E-state index in [2.05, 4.69) is 9.72 Å². The van der Waals surface area contributed by atoms with Crippen molar-refractivity contribution in [3.05, 3.63) is 67.3 Å². The Labute approximate surface area is 214 Å². The SMILES string of the molecule is CCS(=O)(=O)c1ccc(Cl)cc1Cn1c(=O)[nH]c2cc(CN3CCC(N)C3)c(OC(F)(F)F)cc2c1=O. The normalized spacial score (nSPS) is 17.0. The van der Waals surface area contributed by atoms with Gasteiger partial charge in [-0.1, -0.05) is 18.5 Å². The van der Waals surface area contributed by atoms with Crippen molar-refractivity contribution in [3.8, 4) is 5.75 Å². The number of halogens is 4. The third kappa shape index (κ3) is 6.00. The highest BCUT2D eigenvalue weighted by Gasteiger charge is 2.33. The van der Waals surface area contributed by atoms with Gasteiger partial charge in [-0.2, -0.15) is 0 Å². The largest absolute Gasteiger partial charge is 0.573 e. The van der Waals surface area contributed by atoms with Crippen LogP contribution >= 0.6 is 11.6 Å². The molecule has 9 nitrogen and oxygen atoms in total. The number of alkyl halides is 3. The molecule has 0 bridgehead atoms. The van der Waals surface area contributed by atoms with Crippen molar-refractivity contribution >= 4 is 32.3 Å². The molecule has 0 spiro atoms. The van der Waals surface area contributed by atoms with Crippen molar-refractivity contribution in [2.75, 3.05) is 18.8 Å². The summed E-state index contributed by atoms with van der Waals surface area (Å²) < 4.78 is 69.6. The number of benzene rings is 2. The maximum atomic E-state index is 13.3. The van der Waals surface area contributed by atoms with E-state index in [0.717, 1.165) is 6.07 Å². The van der Waals surface area contributed by atoms with Crippen LogP contribution in [0.4, 0.5) is 13.2 Å². The van der Waals surface area contributed by atoms with Crippen molar-refractivity contribution in [3.63, 3.8) is 0 Å². The van der Waals surface area contributed by atoms with Gasteiger partial charge in [-0.25, -0.2) is 13.2 Å². The van der Waals surface area contributed by atoms with Gasteiger partial charge in [0.1, 0.15) is 5.75 Å². The van der Waals surface area contributed by atoms with Crippen LogP contribution in [0.5, 0.6) is 5.75 Å². The number of H-pyrrole nitrogens is 1. The minimum absolute atomic E-state index is 0.0202.